The Hall–Kier alpha value is -3.54. The minimum Gasteiger partial charge on any atom is -0.406 e. The van der Waals surface area contributed by atoms with Gasteiger partial charge >= 0.3 is 6.36 Å². The van der Waals surface area contributed by atoms with Gasteiger partial charge in [0, 0.05) is 11.6 Å². The first-order chi connectivity index (χ1) is 16.0. The summed E-state index contributed by atoms with van der Waals surface area (Å²) in [6, 6.07) is 6.95. The molecule has 0 spiro atoms. The van der Waals surface area contributed by atoms with E-state index < -0.39 is 41.3 Å². The molecular formula is C22H20F6N4O2. The summed E-state index contributed by atoms with van der Waals surface area (Å²) < 4.78 is 83.7. The van der Waals surface area contributed by atoms with Crippen LogP contribution < -0.4 is 15.4 Å². The van der Waals surface area contributed by atoms with Crippen LogP contribution in [0.15, 0.2) is 42.5 Å². The fourth-order valence-electron chi connectivity index (χ4n) is 2.93. The topological polar surface area (TPSA) is 79.3 Å². The number of ether oxygens (including phenoxy) is 1. The third-order valence-corrected chi connectivity index (χ3v) is 4.70. The molecule has 12 heteroatoms. The SMILES string of the molecule is CC(C)[C@@H](CO)Nc1nc(Nc2c(F)ccc(F)c2F)cc(-c2cccc(OC(F)(F)F)c2)n1. The maximum Gasteiger partial charge on any atom is 0.573 e. The molecule has 3 N–H and O–H groups in total. The summed E-state index contributed by atoms with van der Waals surface area (Å²) in [6.45, 7) is 3.33. The van der Waals surface area contributed by atoms with Gasteiger partial charge in [-0.3, -0.25) is 0 Å². The van der Waals surface area contributed by atoms with Crippen molar-refractivity contribution in [3.8, 4) is 17.0 Å². The summed E-state index contributed by atoms with van der Waals surface area (Å²) in [5.41, 5.74) is -0.585. The third-order valence-electron chi connectivity index (χ3n) is 4.70. The van der Waals surface area contributed by atoms with E-state index in [1.807, 2.05) is 13.8 Å². The summed E-state index contributed by atoms with van der Waals surface area (Å²) >= 11 is 0. The molecule has 0 fully saturated rings. The molecule has 0 unspecified atom stereocenters. The van der Waals surface area contributed by atoms with Crippen molar-refractivity contribution in [2.24, 2.45) is 5.92 Å². The molecule has 0 aliphatic heterocycles. The zero-order valence-electron chi connectivity index (χ0n) is 17.9. The molecule has 0 saturated heterocycles. The summed E-state index contributed by atoms with van der Waals surface area (Å²) in [6.07, 6.45) is -4.91. The van der Waals surface area contributed by atoms with Crippen LogP contribution in [0.25, 0.3) is 11.3 Å². The summed E-state index contributed by atoms with van der Waals surface area (Å²) in [4.78, 5) is 8.35. The van der Waals surface area contributed by atoms with Crippen molar-refractivity contribution in [2.75, 3.05) is 17.2 Å². The number of anilines is 3. The smallest absolute Gasteiger partial charge is 0.406 e. The number of aliphatic hydroxyl groups excluding tert-OH is 1. The predicted octanol–water partition coefficient (Wildman–Crippen LogP) is 5.63. The average molecular weight is 486 g/mol. The Bertz CT molecular complexity index is 1160. The van der Waals surface area contributed by atoms with E-state index >= 15 is 0 Å². The largest absolute Gasteiger partial charge is 0.573 e. The van der Waals surface area contributed by atoms with Gasteiger partial charge in [-0.15, -0.1) is 13.2 Å². The van der Waals surface area contributed by atoms with Crippen molar-refractivity contribution in [1.82, 2.24) is 9.97 Å². The fourth-order valence-corrected chi connectivity index (χ4v) is 2.93. The number of hydrogen-bond acceptors (Lipinski definition) is 6. The Morgan fingerprint density at radius 1 is 1.00 bits per heavy atom. The second-order valence-electron chi connectivity index (χ2n) is 7.56. The van der Waals surface area contributed by atoms with Gasteiger partial charge in [-0.25, -0.2) is 18.2 Å². The molecule has 3 aromatic rings. The standard InChI is InChI=1S/C22H20F6N4O2/c1-11(2)17(10-33)30-21-29-16(12-4-3-5-13(8-12)34-22(26,27)28)9-18(32-21)31-20-15(24)7-6-14(23)19(20)25/h3-9,11,17,33H,10H2,1-2H3,(H2,29,30,31,32)/t17-/m1/s1. The second-order valence-corrected chi connectivity index (χ2v) is 7.56. The van der Waals surface area contributed by atoms with Crippen LogP contribution in [0.2, 0.25) is 0 Å². The Labute approximate surface area is 190 Å². The molecule has 1 atom stereocenters. The van der Waals surface area contributed by atoms with E-state index in [0.717, 1.165) is 18.2 Å². The van der Waals surface area contributed by atoms with Gasteiger partial charge in [0.1, 0.15) is 23.1 Å². The van der Waals surface area contributed by atoms with Gasteiger partial charge in [0.2, 0.25) is 5.95 Å². The fraction of sp³-hybridized carbons (Fsp3) is 0.273. The minimum absolute atomic E-state index is 0.0605. The van der Waals surface area contributed by atoms with Crippen LogP contribution in [0.5, 0.6) is 5.75 Å². The van der Waals surface area contributed by atoms with Crippen LogP contribution >= 0.6 is 0 Å². The third kappa shape index (κ3) is 6.28. The van der Waals surface area contributed by atoms with Crippen LogP contribution in [-0.4, -0.2) is 34.1 Å². The summed E-state index contributed by atoms with van der Waals surface area (Å²) in [5.74, 6) is -4.73. The molecule has 1 heterocycles. The van der Waals surface area contributed by atoms with Crippen LogP contribution in [0.4, 0.5) is 43.8 Å². The molecule has 182 valence electrons. The zero-order chi connectivity index (χ0) is 25.0. The molecule has 0 saturated carbocycles. The molecule has 3 rings (SSSR count). The number of alkyl halides is 3. The molecule has 0 amide bonds. The van der Waals surface area contributed by atoms with Gasteiger partial charge < -0.3 is 20.5 Å². The number of aliphatic hydroxyl groups is 1. The molecular weight excluding hydrogens is 466 g/mol. The summed E-state index contributed by atoms with van der Waals surface area (Å²) in [5, 5.41) is 14.8. The normalized spacial score (nSPS) is 12.5. The molecule has 0 aliphatic carbocycles. The number of benzene rings is 2. The molecule has 2 aromatic carbocycles. The maximum atomic E-state index is 14.2. The van der Waals surface area contributed by atoms with Crippen molar-refractivity contribution < 1.29 is 36.2 Å². The monoisotopic (exact) mass is 486 g/mol. The van der Waals surface area contributed by atoms with E-state index in [0.29, 0.717) is 6.07 Å². The highest BCUT2D eigenvalue weighted by molar-refractivity contribution is 5.69. The van der Waals surface area contributed by atoms with Crippen LogP contribution in [0, 0.1) is 23.4 Å². The Balaban J connectivity index is 2.07. The number of nitrogens with zero attached hydrogens (tertiary/aromatic N) is 2. The molecule has 6 nitrogen and oxygen atoms in total. The molecule has 1 aromatic heterocycles. The summed E-state index contributed by atoms with van der Waals surface area (Å²) in [7, 11) is 0. The number of hydrogen-bond donors (Lipinski definition) is 3. The van der Waals surface area contributed by atoms with Crippen LogP contribution in [0.3, 0.4) is 0 Å². The molecule has 0 radical (unpaired) electrons. The lowest BCUT2D eigenvalue weighted by Crippen LogP contribution is -2.30. The van der Waals surface area contributed by atoms with E-state index in [-0.39, 0.29) is 35.5 Å². The first-order valence-corrected chi connectivity index (χ1v) is 10.00. The zero-order valence-corrected chi connectivity index (χ0v) is 17.9. The average Bonchev–Trinajstić information content (AvgIpc) is 2.76. The molecule has 0 aliphatic rings. The first-order valence-electron chi connectivity index (χ1n) is 10.00. The van der Waals surface area contributed by atoms with Crippen LogP contribution in [0.1, 0.15) is 13.8 Å². The lowest BCUT2D eigenvalue weighted by Gasteiger charge is -2.21. The van der Waals surface area contributed by atoms with E-state index in [1.54, 1.807) is 0 Å². The van der Waals surface area contributed by atoms with Gasteiger partial charge in [-0.05, 0) is 30.2 Å². The van der Waals surface area contributed by atoms with E-state index in [2.05, 4.69) is 25.3 Å². The molecule has 0 bridgehead atoms. The van der Waals surface area contributed by atoms with Crippen LogP contribution in [-0.2, 0) is 0 Å². The van der Waals surface area contributed by atoms with Crippen molar-refractivity contribution in [3.63, 3.8) is 0 Å². The number of aromatic nitrogens is 2. The number of nitrogens with one attached hydrogen (secondary N) is 2. The lowest BCUT2D eigenvalue weighted by atomic mass is 10.1. The van der Waals surface area contributed by atoms with Gasteiger partial charge in [0.05, 0.1) is 18.3 Å². The highest BCUT2D eigenvalue weighted by Crippen LogP contribution is 2.31. The molecule has 34 heavy (non-hydrogen) atoms. The highest BCUT2D eigenvalue weighted by Gasteiger charge is 2.31. The highest BCUT2D eigenvalue weighted by atomic mass is 19.4. The Kier molecular flexibility index (Phi) is 7.50. The second kappa shape index (κ2) is 10.2. The van der Waals surface area contributed by atoms with Gasteiger partial charge in [0.25, 0.3) is 0 Å². The van der Waals surface area contributed by atoms with Gasteiger partial charge in [-0.2, -0.15) is 4.98 Å². The first kappa shape index (κ1) is 25.1. The van der Waals surface area contributed by atoms with Gasteiger partial charge in [0.15, 0.2) is 11.6 Å². The van der Waals surface area contributed by atoms with E-state index in [9.17, 15) is 31.4 Å². The van der Waals surface area contributed by atoms with Crippen molar-refractivity contribution in [2.45, 2.75) is 26.3 Å². The van der Waals surface area contributed by atoms with E-state index in [4.69, 9.17) is 0 Å². The quantitative estimate of drug-likeness (QED) is 0.283. The van der Waals surface area contributed by atoms with E-state index in [1.165, 1.54) is 18.2 Å². The van der Waals surface area contributed by atoms with Gasteiger partial charge in [-0.1, -0.05) is 26.0 Å². The van der Waals surface area contributed by atoms with Crippen molar-refractivity contribution in [3.05, 3.63) is 59.9 Å². The maximum absolute atomic E-state index is 14.2. The lowest BCUT2D eigenvalue weighted by molar-refractivity contribution is -0.274. The van der Waals surface area contributed by atoms with Crippen molar-refractivity contribution in [1.29, 1.82) is 0 Å². The Morgan fingerprint density at radius 3 is 2.35 bits per heavy atom. The number of halogens is 6. The minimum atomic E-state index is -4.91. The predicted molar refractivity (Wildman–Crippen MR) is 113 cm³/mol. The number of rotatable bonds is 8. The Morgan fingerprint density at radius 2 is 1.71 bits per heavy atom. The van der Waals surface area contributed by atoms with Crippen molar-refractivity contribution >= 4 is 17.5 Å².